The molecule has 0 saturated carbocycles. The molecule has 0 spiro atoms. The van der Waals surface area contributed by atoms with Crippen LogP contribution >= 0.6 is 31.9 Å². The highest BCUT2D eigenvalue weighted by Crippen LogP contribution is 2.30. The predicted octanol–water partition coefficient (Wildman–Crippen LogP) is 6.55. The van der Waals surface area contributed by atoms with Gasteiger partial charge in [-0.2, -0.15) is 0 Å². The maximum atomic E-state index is 3.60. The second-order valence-electron chi connectivity index (χ2n) is 4.56. The third kappa shape index (κ3) is 2.87. The average molecular weight is 388 g/mol. The van der Waals surface area contributed by atoms with Crippen LogP contribution in [0.25, 0.3) is 22.3 Å². The molecule has 0 aliphatic rings. The Morgan fingerprint density at radius 2 is 1.00 bits per heavy atom. The fourth-order valence-corrected chi connectivity index (χ4v) is 2.96. The van der Waals surface area contributed by atoms with E-state index >= 15 is 0 Å². The van der Waals surface area contributed by atoms with Crippen LogP contribution in [0.5, 0.6) is 0 Å². The van der Waals surface area contributed by atoms with Gasteiger partial charge in [-0.3, -0.25) is 0 Å². The van der Waals surface area contributed by atoms with E-state index in [1.807, 2.05) is 6.07 Å². The van der Waals surface area contributed by atoms with Gasteiger partial charge in [0.15, 0.2) is 0 Å². The van der Waals surface area contributed by atoms with Gasteiger partial charge < -0.3 is 0 Å². The normalized spacial score (nSPS) is 10.5. The lowest BCUT2D eigenvalue weighted by molar-refractivity contribution is 1.56. The maximum Gasteiger partial charge on any atom is 0.0253 e. The topological polar surface area (TPSA) is 0 Å². The van der Waals surface area contributed by atoms with Crippen molar-refractivity contribution in [2.45, 2.75) is 0 Å². The first-order valence-electron chi connectivity index (χ1n) is 6.35. The summed E-state index contributed by atoms with van der Waals surface area (Å²) in [4.78, 5) is 0. The third-order valence-electron chi connectivity index (χ3n) is 3.25. The molecule has 0 fully saturated rings. The Labute approximate surface area is 135 Å². The second kappa shape index (κ2) is 5.94. The van der Waals surface area contributed by atoms with E-state index in [2.05, 4.69) is 98.6 Å². The lowest BCUT2D eigenvalue weighted by atomic mass is 10.0. The fraction of sp³-hybridized carbons (Fsp3) is 0. The molecule has 0 saturated heterocycles. The van der Waals surface area contributed by atoms with Crippen molar-refractivity contribution in [1.82, 2.24) is 0 Å². The van der Waals surface area contributed by atoms with Gasteiger partial charge in [-0.05, 0) is 40.5 Å². The molecule has 3 aromatic carbocycles. The molecule has 3 rings (SSSR count). The molecule has 20 heavy (non-hydrogen) atoms. The highest BCUT2D eigenvalue weighted by Gasteiger charge is 2.03. The summed E-state index contributed by atoms with van der Waals surface area (Å²) >= 11 is 7.06. The van der Waals surface area contributed by atoms with Gasteiger partial charge in [0.2, 0.25) is 0 Å². The molecule has 0 bridgehead atoms. The van der Waals surface area contributed by atoms with Crippen LogP contribution in [0.15, 0.2) is 81.7 Å². The van der Waals surface area contributed by atoms with Gasteiger partial charge in [0.25, 0.3) is 0 Å². The van der Waals surface area contributed by atoms with Crippen molar-refractivity contribution in [2.75, 3.05) is 0 Å². The zero-order valence-electron chi connectivity index (χ0n) is 10.7. The van der Waals surface area contributed by atoms with Crippen molar-refractivity contribution >= 4 is 31.9 Å². The lowest BCUT2D eigenvalue weighted by Gasteiger charge is -2.07. The molecule has 0 atom stereocenters. The van der Waals surface area contributed by atoms with Crippen LogP contribution in [-0.4, -0.2) is 0 Å². The zero-order chi connectivity index (χ0) is 13.9. The quantitative estimate of drug-likeness (QED) is 0.467. The molecular weight excluding hydrogens is 376 g/mol. The summed E-state index contributed by atoms with van der Waals surface area (Å²) in [7, 11) is 0. The van der Waals surface area contributed by atoms with Crippen molar-refractivity contribution in [3.05, 3.63) is 81.7 Å². The summed E-state index contributed by atoms with van der Waals surface area (Å²) in [6, 6.07) is 25.3. The lowest BCUT2D eigenvalue weighted by Crippen LogP contribution is -1.81. The number of benzene rings is 3. The number of hydrogen-bond donors (Lipinski definition) is 0. The number of hydrogen-bond acceptors (Lipinski definition) is 0. The first-order chi connectivity index (χ1) is 9.74. The minimum Gasteiger partial charge on any atom is -0.0616 e. The van der Waals surface area contributed by atoms with Gasteiger partial charge in [0, 0.05) is 8.95 Å². The summed E-state index contributed by atoms with van der Waals surface area (Å²) in [5.74, 6) is 0. The molecule has 0 aliphatic heterocycles. The van der Waals surface area contributed by atoms with Gasteiger partial charge in [0.1, 0.15) is 0 Å². The van der Waals surface area contributed by atoms with E-state index in [1.165, 1.54) is 22.3 Å². The molecule has 0 aliphatic carbocycles. The Morgan fingerprint density at radius 3 is 1.60 bits per heavy atom. The Kier molecular flexibility index (Phi) is 4.04. The molecule has 3 aromatic rings. The molecule has 0 unspecified atom stereocenters. The van der Waals surface area contributed by atoms with E-state index in [0.717, 1.165) is 8.95 Å². The maximum absolute atomic E-state index is 3.60. The SMILES string of the molecule is Brc1ccc(-c2ccc(-c3ccccc3Br)cc2)cc1. The van der Waals surface area contributed by atoms with E-state index in [4.69, 9.17) is 0 Å². The first-order valence-corrected chi connectivity index (χ1v) is 7.93. The summed E-state index contributed by atoms with van der Waals surface area (Å²) in [5.41, 5.74) is 4.90. The van der Waals surface area contributed by atoms with E-state index in [0.29, 0.717) is 0 Å². The van der Waals surface area contributed by atoms with Crippen LogP contribution < -0.4 is 0 Å². The van der Waals surface area contributed by atoms with Crippen LogP contribution in [0.1, 0.15) is 0 Å². The van der Waals surface area contributed by atoms with Gasteiger partial charge in [-0.25, -0.2) is 0 Å². The summed E-state index contributed by atoms with van der Waals surface area (Å²) in [6.45, 7) is 0. The van der Waals surface area contributed by atoms with Crippen LogP contribution in [-0.2, 0) is 0 Å². The van der Waals surface area contributed by atoms with Crippen molar-refractivity contribution in [1.29, 1.82) is 0 Å². The summed E-state index contributed by atoms with van der Waals surface area (Å²) in [5, 5.41) is 0. The standard InChI is InChI=1S/C18H12Br2/c19-16-11-9-14(10-12-16)13-5-7-15(8-6-13)17-3-1-2-4-18(17)20/h1-12H. The molecule has 0 nitrogen and oxygen atoms in total. The Morgan fingerprint density at radius 1 is 0.500 bits per heavy atom. The smallest absolute Gasteiger partial charge is 0.0253 e. The molecule has 0 N–H and O–H groups in total. The van der Waals surface area contributed by atoms with Gasteiger partial charge >= 0.3 is 0 Å². The van der Waals surface area contributed by atoms with Crippen LogP contribution in [0.3, 0.4) is 0 Å². The minimum atomic E-state index is 1.10. The molecule has 2 heteroatoms. The molecule has 98 valence electrons. The minimum absolute atomic E-state index is 1.10. The Hall–Kier alpha value is -1.38. The molecular formula is C18H12Br2. The summed E-state index contributed by atoms with van der Waals surface area (Å²) in [6.07, 6.45) is 0. The molecule has 0 radical (unpaired) electrons. The van der Waals surface area contributed by atoms with Crippen LogP contribution in [0, 0.1) is 0 Å². The van der Waals surface area contributed by atoms with Gasteiger partial charge in [-0.1, -0.05) is 86.5 Å². The molecule has 0 amide bonds. The van der Waals surface area contributed by atoms with E-state index in [1.54, 1.807) is 0 Å². The predicted molar refractivity (Wildman–Crippen MR) is 92.7 cm³/mol. The molecule has 0 heterocycles. The van der Waals surface area contributed by atoms with Crippen molar-refractivity contribution in [3.8, 4) is 22.3 Å². The molecule has 0 aromatic heterocycles. The summed E-state index contributed by atoms with van der Waals surface area (Å²) < 4.78 is 2.22. The van der Waals surface area contributed by atoms with E-state index in [9.17, 15) is 0 Å². The van der Waals surface area contributed by atoms with Crippen molar-refractivity contribution < 1.29 is 0 Å². The third-order valence-corrected chi connectivity index (χ3v) is 4.47. The monoisotopic (exact) mass is 386 g/mol. The number of rotatable bonds is 2. The van der Waals surface area contributed by atoms with E-state index in [-0.39, 0.29) is 0 Å². The van der Waals surface area contributed by atoms with Gasteiger partial charge in [0.05, 0.1) is 0 Å². The van der Waals surface area contributed by atoms with Crippen LogP contribution in [0.4, 0.5) is 0 Å². The first kappa shape index (κ1) is 13.6. The van der Waals surface area contributed by atoms with Gasteiger partial charge in [-0.15, -0.1) is 0 Å². The zero-order valence-corrected chi connectivity index (χ0v) is 13.9. The van der Waals surface area contributed by atoms with Crippen LogP contribution in [0.2, 0.25) is 0 Å². The second-order valence-corrected chi connectivity index (χ2v) is 6.33. The number of halogens is 2. The highest BCUT2D eigenvalue weighted by atomic mass is 79.9. The average Bonchev–Trinajstić information content (AvgIpc) is 2.49. The fourth-order valence-electron chi connectivity index (χ4n) is 2.18. The highest BCUT2D eigenvalue weighted by molar-refractivity contribution is 9.10. The largest absolute Gasteiger partial charge is 0.0616 e. The van der Waals surface area contributed by atoms with Crippen molar-refractivity contribution in [2.24, 2.45) is 0 Å². The Bertz CT molecular complexity index is 713. The van der Waals surface area contributed by atoms with Crippen molar-refractivity contribution in [3.63, 3.8) is 0 Å². The van der Waals surface area contributed by atoms with E-state index < -0.39 is 0 Å². The Balaban J connectivity index is 1.96.